The zero-order chi connectivity index (χ0) is 13.8. The molecule has 0 heterocycles. The lowest BCUT2D eigenvalue weighted by molar-refractivity contribution is 0.212. The molecule has 0 radical (unpaired) electrons. The summed E-state index contributed by atoms with van der Waals surface area (Å²) in [6.07, 6.45) is 4.19. The van der Waals surface area contributed by atoms with E-state index in [9.17, 15) is 0 Å². The summed E-state index contributed by atoms with van der Waals surface area (Å²) < 4.78 is 11.3. The smallest absolute Gasteiger partial charge is 0.321 e. The van der Waals surface area contributed by atoms with Crippen LogP contribution in [0.3, 0.4) is 0 Å². The molecular formula is C15H25NO2Si. The van der Waals surface area contributed by atoms with Crippen molar-refractivity contribution in [3.05, 3.63) is 35.9 Å². The molecule has 0 aliphatic heterocycles. The summed E-state index contributed by atoms with van der Waals surface area (Å²) in [6, 6.07) is 11.3. The summed E-state index contributed by atoms with van der Waals surface area (Å²) in [5.74, 6) is 0. The topological polar surface area (TPSA) is 30.8 Å². The molecule has 0 N–H and O–H groups in total. The highest BCUT2D eigenvalue weighted by molar-refractivity contribution is 6.44. The molecule has 1 aromatic carbocycles. The lowest BCUT2D eigenvalue weighted by Crippen LogP contribution is -2.22. The van der Waals surface area contributed by atoms with Crippen molar-refractivity contribution in [3.8, 4) is 0 Å². The third kappa shape index (κ3) is 7.92. The van der Waals surface area contributed by atoms with Gasteiger partial charge in [0.1, 0.15) is 0 Å². The molecule has 0 aromatic heterocycles. The first-order valence-electron chi connectivity index (χ1n) is 7.15. The maximum Gasteiger partial charge on any atom is 0.321 e. The summed E-state index contributed by atoms with van der Waals surface area (Å²) in [6.45, 7) is 6.48. The second-order valence-corrected chi connectivity index (χ2v) is 6.39. The molecule has 106 valence electrons. The normalized spacial score (nSPS) is 11.5. The molecule has 0 spiro atoms. The van der Waals surface area contributed by atoms with E-state index in [4.69, 9.17) is 8.85 Å². The van der Waals surface area contributed by atoms with Crippen LogP contribution >= 0.6 is 0 Å². The van der Waals surface area contributed by atoms with E-state index in [1.54, 1.807) is 0 Å². The van der Waals surface area contributed by atoms with Gasteiger partial charge in [0.05, 0.1) is 0 Å². The van der Waals surface area contributed by atoms with Gasteiger partial charge < -0.3 is 8.85 Å². The van der Waals surface area contributed by atoms with Gasteiger partial charge in [-0.25, -0.2) is 0 Å². The van der Waals surface area contributed by atoms with Crippen LogP contribution in [0.25, 0.3) is 0 Å². The van der Waals surface area contributed by atoms with Gasteiger partial charge in [0, 0.05) is 26.0 Å². The second-order valence-electron chi connectivity index (χ2n) is 4.28. The Hall–Kier alpha value is -0.973. The van der Waals surface area contributed by atoms with Gasteiger partial charge in [0.25, 0.3) is 0 Å². The van der Waals surface area contributed by atoms with Gasteiger partial charge in [-0.15, -0.1) is 0 Å². The predicted octanol–water partition coefficient (Wildman–Crippen LogP) is 3.18. The number of hydrogen-bond donors (Lipinski definition) is 0. The van der Waals surface area contributed by atoms with Crippen LogP contribution in [0.5, 0.6) is 0 Å². The van der Waals surface area contributed by atoms with Gasteiger partial charge in [-0.3, -0.25) is 4.99 Å². The first-order chi connectivity index (χ1) is 9.36. The molecular weight excluding hydrogens is 254 g/mol. The summed E-state index contributed by atoms with van der Waals surface area (Å²) in [5, 5.41) is 0. The molecule has 0 saturated carbocycles. The molecule has 0 bridgehead atoms. The molecule has 0 aliphatic carbocycles. The van der Waals surface area contributed by atoms with E-state index >= 15 is 0 Å². The molecule has 0 saturated heterocycles. The number of unbranched alkanes of at least 4 members (excludes halogenated alkanes) is 1. The minimum atomic E-state index is -1.40. The molecule has 0 unspecified atom stereocenters. The molecule has 19 heavy (non-hydrogen) atoms. The predicted molar refractivity (Wildman–Crippen MR) is 83.3 cm³/mol. The second kappa shape index (κ2) is 10.9. The van der Waals surface area contributed by atoms with E-state index in [2.05, 4.69) is 17.1 Å². The monoisotopic (exact) mass is 279 g/mol. The van der Waals surface area contributed by atoms with Crippen molar-refractivity contribution < 1.29 is 8.85 Å². The fourth-order valence-electron chi connectivity index (χ4n) is 1.81. The van der Waals surface area contributed by atoms with Gasteiger partial charge in [0.15, 0.2) is 0 Å². The fourth-order valence-corrected chi connectivity index (χ4v) is 3.60. The Morgan fingerprint density at radius 2 is 1.74 bits per heavy atom. The highest BCUT2D eigenvalue weighted by Gasteiger charge is 2.10. The average Bonchev–Trinajstić information content (AvgIpc) is 2.44. The van der Waals surface area contributed by atoms with Crippen molar-refractivity contribution in [2.45, 2.75) is 32.7 Å². The highest BCUT2D eigenvalue weighted by Crippen LogP contribution is 2.05. The van der Waals surface area contributed by atoms with Crippen molar-refractivity contribution >= 4 is 15.5 Å². The lowest BCUT2D eigenvalue weighted by atomic mass is 10.2. The largest absolute Gasteiger partial charge is 0.397 e. The van der Waals surface area contributed by atoms with Crippen LogP contribution in [0.15, 0.2) is 35.3 Å². The Labute approximate surface area is 118 Å². The molecule has 3 nitrogen and oxygen atoms in total. The summed E-state index contributed by atoms with van der Waals surface area (Å²) in [7, 11) is -1.40. The zero-order valence-corrected chi connectivity index (χ0v) is 13.2. The summed E-state index contributed by atoms with van der Waals surface area (Å²) in [4.78, 5) is 4.44. The van der Waals surface area contributed by atoms with Gasteiger partial charge in [-0.1, -0.05) is 30.3 Å². The lowest BCUT2D eigenvalue weighted by Gasteiger charge is -2.13. The Balaban J connectivity index is 2.11. The molecule has 1 rings (SSSR count). The maximum atomic E-state index is 5.64. The van der Waals surface area contributed by atoms with E-state index in [0.717, 1.165) is 38.6 Å². The Bertz CT molecular complexity index is 337. The van der Waals surface area contributed by atoms with E-state index < -0.39 is 9.28 Å². The molecule has 0 fully saturated rings. The van der Waals surface area contributed by atoms with E-state index in [1.165, 1.54) is 5.56 Å². The Morgan fingerprint density at radius 1 is 1.05 bits per heavy atom. The van der Waals surface area contributed by atoms with Crippen LogP contribution in [0.4, 0.5) is 0 Å². The van der Waals surface area contributed by atoms with Crippen LogP contribution < -0.4 is 0 Å². The number of benzene rings is 1. The number of nitrogens with zero attached hydrogens (tertiary/aromatic N) is 1. The van der Waals surface area contributed by atoms with Crippen LogP contribution in [0, 0.1) is 0 Å². The van der Waals surface area contributed by atoms with Crippen LogP contribution in [0.1, 0.15) is 32.3 Å². The standard InChI is InChI=1S/C15H25NO2Si/c1-3-17-19(18-4-2)13-9-8-12-16-14-15-10-6-5-7-11-15/h5-7,10-11,14,19H,3-4,8-9,12-13H2,1-2H3. The Morgan fingerprint density at radius 3 is 2.37 bits per heavy atom. The first kappa shape index (κ1) is 16.1. The molecule has 4 heteroatoms. The van der Waals surface area contributed by atoms with Crippen molar-refractivity contribution in [2.24, 2.45) is 4.99 Å². The van der Waals surface area contributed by atoms with Gasteiger partial charge >= 0.3 is 9.28 Å². The fraction of sp³-hybridized carbons (Fsp3) is 0.533. The Kier molecular flexibility index (Phi) is 9.23. The van der Waals surface area contributed by atoms with E-state index in [1.807, 2.05) is 38.3 Å². The third-order valence-electron chi connectivity index (χ3n) is 2.72. The first-order valence-corrected chi connectivity index (χ1v) is 8.90. The van der Waals surface area contributed by atoms with Gasteiger partial charge in [-0.05, 0) is 38.3 Å². The van der Waals surface area contributed by atoms with Crippen molar-refractivity contribution in [1.29, 1.82) is 0 Å². The van der Waals surface area contributed by atoms with Crippen LogP contribution in [-0.2, 0) is 8.85 Å². The minimum absolute atomic E-state index is 0.767. The summed E-state index contributed by atoms with van der Waals surface area (Å²) >= 11 is 0. The molecule has 0 aliphatic rings. The zero-order valence-electron chi connectivity index (χ0n) is 12.0. The summed E-state index contributed by atoms with van der Waals surface area (Å²) in [5.41, 5.74) is 1.17. The van der Waals surface area contributed by atoms with Crippen LogP contribution in [-0.4, -0.2) is 35.3 Å². The molecule has 1 aromatic rings. The highest BCUT2D eigenvalue weighted by atomic mass is 28.3. The number of hydrogen-bond acceptors (Lipinski definition) is 3. The molecule has 0 amide bonds. The SMILES string of the molecule is CCO[SiH](CCCCN=Cc1ccccc1)OCC. The minimum Gasteiger partial charge on any atom is -0.397 e. The maximum absolute atomic E-state index is 5.64. The molecule has 0 atom stereocenters. The number of aliphatic imine (C=N–C) groups is 1. The quantitative estimate of drug-likeness (QED) is 0.374. The van der Waals surface area contributed by atoms with Crippen molar-refractivity contribution in [1.82, 2.24) is 0 Å². The van der Waals surface area contributed by atoms with Crippen LogP contribution in [0.2, 0.25) is 6.04 Å². The third-order valence-corrected chi connectivity index (χ3v) is 5.01. The van der Waals surface area contributed by atoms with Gasteiger partial charge in [-0.2, -0.15) is 0 Å². The van der Waals surface area contributed by atoms with Crippen molar-refractivity contribution in [3.63, 3.8) is 0 Å². The van der Waals surface area contributed by atoms with E-state index in [-0.39, 0.29) is 0 Å². The van der Waals surface area contributed by atoms with Crippen molar-refractivity contribution in [2.75, 3.05) is 19.8 Å². The van der Waals surface area contributed by atoms with E-state index in [0.29, 0.717) is 0 Å². The number of rotatable bonds is 10. The average molecular weight is 279 g/mol. The van der Waals surface area contributed by atoms with Gasteiger partial charge in [0.2, 0.25) is 0 Å².